The number of pyridine rings is 1. The van der Waals surface area contributed by atoms with Crippen LogP contribution < -0.4 is 11.3 Å². The summed E-state index contributed by atoms with van der Waals surface area (Å²) in [4.78, 5) is 11.6. The van der Waals surface area contributed by atoms with Crippen molar-refractivity contribution in [1.82, 2.24) is 4.57 Å². The number of nitrogen functional groups attached to an aromatic ring is 1. The Morgan fingerprint density at radius 3 is 2.57 bits per heavy atom. The van der Waals surface area contributed by atoms with E-state index in [1.807, 2.05) is 13.0 Å². The Morgan fingerprint density at radius 2 is 2.07 bits per heavy atom. The monoisotopic (exact) mass is 194 g/mol. The van der Waals surface area contributed by atoms with Gasteiger partial charge < -0.3 is 10.3 Å². The predicted molar refractivity (Wildman–Crippen MR) is 59.3 cm³/mol. The Morgan fingerprint density at radius 1 is 1.43 bits per heavy atom. The van der Waals surface area contributed by atoms with E-state index < -0.39 is 0 Å². The van der Waals surface area contributed by atoms with Gasteiger partial charge in [0, 0.05) is 12.2 Å². The highest BCUT2D eigenvalue weighted by Gasteiger charge is 2.06. The normalized spacial score (nSPS) is 10.9. The number of hydrogen-bond donors (Lipinski definition) is 1. The Hall–Kier alpha value is -1.25. The molecule has 0 atom stereocenters. The molecule has 0 unspecified atom stereocenters. The quantitative estimate of drug-likeness (QED) is 0.795. The number of rotatable bonds is 3. The first-order chi connectivity index (χ1) is 6.56. The van der Waals surface area contributed by atoms with Gasteiger partial charge in [-0.15, -0.1) is 0 Å². The summed E-state index contributed by atoms with van der Waals surface area (Å²) in [5, 5.41) is 0. The SMILES string of the molecule is CCn1c(CC(C)C)ccc(N)c1=O. The summed E-state index contributed by atoms with van der Waals surface area (Å²) in [5.41, 5.74) is 6.90. The molecule has 78 valence electrons. The number of anilines is 1. The van der Waals surface area contributed by atoms with Crippen molar-refractivity contribution in [1.29, 1.82) is 0 Å². The van der Waals surface area contributed by atoms with Crippen LogP contribution in [0.25, 0.3) is 0 Å². The molecule has 0 saturated heterocycles. The van der Waals surface area contributed by atoms with Crippen LogP contribution in [0.1, 0.15) is 26.5 Å². The van der Waals surface area contributed by atoms with Crippen LogP contribution >= 0.6 is 0 Å². The smallest absolute Gasteiger partial charge is 0.273 e. The van der Waals surface area contributed by atoms with E-state index in [4.69, 9.17) is 5.73 Å². The second-order valence-electron chi connectivity index (χ2n) is 3.93. The highest BCUT2D eigenvalue weighted by molar-refractivity contribution is 5.35. The van der Waals surface area contributed by atoms with Crippen molar-refractivity contribution in [2.45, 2.75) is 33.7 Å². The summed E-state index contributed by atoms with van der Waals surface area (Å²) < 4.78 is 1.75. The van der Waals surface area contributed by atoms with Crippen molar-refractivity contribution >= 4 is 5.69 Å². The van der Waals surface area contributed by atoms with Crippen molar-refractivity contribution in [2.75, 3.05) is 5.73 Å². The zero-order chi connectivity index (χ0) is 10.7. The largest absolute Gasteiger partial charge is 0.394 e. The fourth-order valence-corrected chi connectivity index (χ4v) is 1.58. The second kappa shape index (κ2) is 4.31. The first-order valence-corrected chi connectivity index (χ1v) is 5.04. The molecule has 3 nitrogen and oxygen atoms in total. The lowest BCUT2D eigenvalue weighted by Crippen LogP contribution is -2.25. The van der Waals surface area contributed by atoms with E-state index >= 15 is 0 Å². The van der Waals surface area contributed by atoms with Crippen LogP contribution in [0.5, 0.6) is 0 Å². The lowest BCUT2D eigenvalue weighted by molar-refractivity contribution is 0.583. The van der Waals surface area contributed by atoms with E-state index in [9.17, 15) is 4.79 Å². The first kappa shape index (κ1) is 10.8. The van der Waals surface area contributed by atoms with Gasteiger partial charge in [-0.2, -0.15) is 0 Å². The van der Waals surface area contributed by atoms with Gasteiger partial charge in [-0.3, -0.25) is 4.79 Å². The molecule has 0 aliphatic heterocycles. The molecule has 3 heteroatoms. The van der Waals surface area contributed by atoms with Gasteiger partial charge in [-0.05, 0) is 31.4 Å². The maximum atomic E-state index is 11.6. The van der Waals surface area contributed by atoms with E-state index in [1.54, 1.807) is 10.6 Å². The molecule has 2 N–H and O–H groups in total. The molecule has 0 fully saturated rings. The molecule has 0 aromatic carbocycles. The Bertz CT molecular complexity index is 366. The van der Waals surface area contributed by atoms with Gasteiger partial charge in [-0.25, -0.2) is 0 Å². The van der Waals surface area contributed by atoms with Crippen LogP contribution in [0, 0.1) is 5.92 Å². The topological polar surface area (TPSA) is 48.0 Å². The molecule has 0 spiro atoms. The molecule has 0 saturated carbocycles. The van der Waals surface area contributed by atoms with Crippen LogP contribution in [-0.2, 0) is 13.0 Å². The van der Waals surface area contributed by atoms with Gasteiger partial charge in [0.25, 0.3) is 5.56 Å². The van der Waals surface area contributed by atoms with Gasteiger partial charge in [0.2, 0.25) is 0 Å². The van der Waals surface area contributed by atoms with E-state index in [2.05, 4.69) is 13.8 Å². The molecule has 1 rings (SSSR count). The third-order valence-electron chi connectivity index (χ3n) is 2.23. The van der Waals surface area contributed by atoms with Gasteiger partial charge in [0.1, 0.15) is 0 Å². The zero-order valence-corrected chi connectivity index (χ0v) is 9.08. The maximum Gasteiger partial charge on any atom is 0.273 e. The molecule has 14 heavy (non-hydrogen) atoms. The van der Waals surface area contributed by atoms with Gasteiger partial charge >= 0.3 is 0 Å². The second-order valence-corrected chi connectivity index (χ2v) is 3.93. The molecule has 0 amide bonds. The van der Waals surface area contributed by atoms with Crippen molar-refractivity contribution in [2.24, 2.45) is 5.92 Å². The van der Waals surface area contributed by atoms with Gasteiger partial charge in [0.05, 0.1) is 5.69 Å². The third-order valence-corrected chi connectivity index (χ3v) is 2.23. The van der Waals surface area contributed by atoms with Crippen molar-refractivity contribution < 1.29 is 0 Å². The van der Waals surface area contributed by atoms with Gasteiger partial charge in [0.15, 0.2) is 0 Å². The summed E-state index contributed by atoms with van der Waals surface area (Å²) in [6.07, 6.45) is 0.920. The van der Waals surface area contributed by atoms with E-state index in [0.717, 1.165) is 12.1 Å². The number of hydrogen-bond acceptors (Lipinski definition) is 2. The van der Waals surface area contributed by atoms with Crippen molar-refractivity contribution in [3.8, 4) is 0 Å². The van der Waals surface area contributed by atoms with Crippen LogP contribution in [-0.4, -0.2) is 4.57 Å². The highest BCUT2D eigenvalue weighted by Crippen LogP contribution is 2.07. The van der Waals surface area contributed by atoms with E-state index in [0.29, 0.717) is 18.2 Å². The summed E-state index contributed by atoms with van der Waals surface area (Å²) in [7, 11) is 0. The van der Waals surface area contributed by atoms with Crippen LogP contribution in [0.2, 0.25) is 0 Å². The average molecular weight is 194 g/mol. The summed E-state index contributed by atoms with van der Waals surface area (Å²) in [5.74, 6) is 0.552. The Labute approximate surface area is 84.6 Å². The summed E-state index contributed by atoms with van der Waals surface area (Å²) in [6.45, 7) is 6.93. The van der Waals surface area contributed by atoms with Gasteiger partial charge in [-0.1, -0.05) is 13.8 Å². The maximum absolute atomic E-state index is 11.6. The predicted octanol–water partition coefficient (Wildman–Crippen LogP) is 1.65. The molecule has 1 aromatic heterocycles. The molecule has 0 aliphatic rings. The first-order valence-electron chi connectivity index (χ1n) is 5.04. The fraction of sp³-hybridized carbons (Fsp3) is 0.545. The molecule has 1 aromatic rings. The minimum Gasteiger partial charge on any atom is -0.394 e. The zero-order valence-electron chi connectivity index (χ0n) is 9.08. The molecule has 0 aliphatic carbocycles. The lowest BCUT2D eigenvalue weighted by Gasteiger charge is -2.13. The lowest BCUT2D eigenvalue weighted by atomic mass is 10.1. The number of nitrogens with two attached hydrogens (primary N) is 1. The van der Waals surface area contributed by atoms with E-state index in [1.165, 1.54) is 0 Å². The van der Waals surface area contributed by atoms with Crippen LogP contribution in [0.15, 0.2) is 16.9 Å². The molecular weight excluding hydrogens is 176 g/mol. The summed E-state index contributed by atoms with van der Waals surface area (Å²) >= 11 is 0. The average Bonchev–Trinajstić information content (AvgIpc) is 2.11. The minimum absolute atomic E-state index is 0.0642. The summed E-state index contributed by atoms with van der Waals surface area (Å²) in [6, 6.07) is 3.65. The molecule has 0 radical (unpaired) electrons. The van der Waals surface area contributed by atoms with Crippen molar-refractivity contribution in [3.63, 3.8) is 0 Å². The third kappa shape index (κ3) is 2.16. The molecule has 0 bridgehead atoms. The highest BCUT2D eigenvalue weighted by atomic mass is 16.1. The minimum atomic E-state index is -0.0642. The number of nitrogens with zero attached hydrogens (tertiary/aromatic N) is 1. The number of aromatic nitrogens is 1. The Kier molecular flexibility index (Phi) is 3.33. The fourth-order valence-electron chi connectivity index (χ4n) is 1.58. The Balaban J connectivity index is 3.17. The molecular formula is C11H18N2O. The van der Waals surface area contributed by atoms with Crippen molar-refractivity contribution in [3.05, 3.63) is 28.2 Å². The van der Waals surface area contributed by atoms with Crippen LogP contribution in [0.4, 0.5) is 5.69 Å². The molecule has 1 heterocycles. The standard InChI is InChI=1S/C11H18N2O/c1-4-13-9(7-8(2)3)5-6-10(12)11(13)14/h5-6,8H,4,7,12H2,1-3H3. The van der Waals surface area contributed by atoms with E-state index in [-0.39, 0.29) is 5.56 Å². The van der Waals surface area contributed by atoms with Crippen LogP contribution in [0.3, 0.4) is 0 Å².